The number of nitrogens with zero attached hydrogens (tertiary/aromatic N) is 2. The lowest BCUT2D eigenvalue weighted by molar-refractivity contribution is -0.137. The van der Waals surface area contributed by atoms with Crippen molar-refractivity contribution in [2.45, 2.75) is 26.2 Å². The molecule has 2 saturated heterocycles. The van der Waals surface area contributed by atoms with Crippen LogP contribution >= 0.6 is 12.4 Å². The molecule has 2 fully saturated rings. The first-order valence-electron chi connectivity index (χ1n) is 6.92. The van der Waals surface area contributed by atoms with Gasteiger partial charge in [0.05, 0.1) is 5.92 Å². The van der Waals surface area contributed by atoms with E-state index in [1.165, 1.54) is 0 Å². The molecule has 0 aromatic carbocycles. The van der Waals surface area contributed by atoms with Crippen LogP contribution in [0.5, 0.6) is 0 Å². The molecule has 19 heavy (non-hydrogen) atoms. The van der Waals surface area contributed by atoms with Crippen LogP contribution in [0.15, 0.2) is 0 Å². The molecule has 110 valence electrons. The Labute approximate surface area is 120 Å². The van der Waals surface area contributed by atoms with Gasteiger partial charge in [-0.3, -0.25) is 9.59 Å². The zero-order valence-corrected chi connectivity index (χ0v) is 12.3. The molecule has 2 amide bonds. The molecule has 0 radical (unpaired) electrons. The Kier molecular flexibility index (Phi) is 6.07. The van der Waals surface area contributed by atoms with Gasteiger partial charge in [0, 0.05) is 32.6 Å². The van der Waals surface area contributed by atoms with Gasteiger partial charge in [0.2, 0.25) is 11.8 Å². The highest BCUT2D eigenvalue weighted by molar-refractivity contribution is 5.89. The van der Waals surface area contributed by atoms with Gasteiger partial charge in [-0.15, -0.1) is 12.4 Å². The van der Waals surface area contributed by atoms with Crippen LogP contribution in [0.4, 0.5) is 0 Å². The molecule has 1 atom stereocenters. The van der Waals surface area contributed by atoms with E-state index in [-0.39, 0.29) is 30.1 Å². The van der Waals surface area contributed by atoms with Crippen molar-refractivity contribution in [2.24, 2.45) is 17.6 Å². The van der Waals surface area contributed by atoms with Gasteiger partial charge in [0.15, 0.2) is 0 Å². The third-order valence-electron chi connectivity index (χ3n) is 4.20. The minimum absolute atomic E-state index is 0. The molecule has 2 aliphatic heterocycles. The first-order chi connectivity index (χ1) is 8.65. The van der Waals surface area contributed by atoms with Crippen LogP contribution in [-0.4, -0.2) is 54.3 Å². The smallest absolute Gasteiger partial charge is 0.227 e. The summed E-state index contributed by atoms with van der Waals surface area (Å²) in [5.74, 6) is 0.723. The quantitative estimate of drug-likeness (QED) is 0.821. The number of rotatable bonds is 3. The number of carbonyl (C=O) groups is 2. The number of piperidine rings is 1. The van der Waals surface area contributed by atoms with Crippen molar-refractivity contribution < 1.29 is 9.59 Å². The van der Waals surface area contributed by atoms with Crippen LogP contribution in [-0.2, 0) is 9.59 Å². The van der Waals surface area contributed by atoms with E-state index in [4.69, 9.17) is 5.73 Å². The number of hydrogen-bond donors (Lipinski definition) is 1. The minimum Gasteiger partial charge on any atom is -0.342 e. The molecule has 2 rings (SSSR count). The zero-order chi connectivity index (χ0) is 13.1. The lowest BCUT2D eigenvalue weighted by Crippen LogP contribution is -2.43. The summed E-state index contributed by atoms with van der Waals surface area (Å²) < 4.78 is 0. The van der Waals surface area contributed by atoms with E-state index in [0.29, 0.717) is 32.0 Å². The van der Waals surface area contributed by atoms with Gasteiger partial charge in [-0.05, 0) is 32.2 Å². The lowest BCUT2D eigenvalue weighted by atomic mass is 9.95. The topological polar surface area (TPSA) is 66.6 Å². The van der Waals surface area contributed by atoms with Crippen LogP contribution < -0.4 is 5.73 Å². The van der Waals surface area contributed by atoms with Crippen LogP contribution in [0.1, 0.15) is 26.2 Å². The second-order valence-electron chi connectivity index (χ2n) is 5.34. The number of halogens is 1. The molecule has 2 N–H and O–H groups in total. The highest BCUT2D eigenvalue weighted by atomic mass is 35.5. The number of nitrogens with two attached hydrogens (primary N) is 1. The maximum absolute atomic E-state index is 12.3. The van der Waals surface area contributed by atoms with Gasteiger partial charge in [0.1, 0.15) is 0 Å². The highest BCUT2D eigenvalue weighted by Crippen LogP contribution is 2.23. The molecule has 1 unspecified atom stereocenters. The first-order valence-corrected chi connectivity index (χ1v) is 6.92. The zero-order valence-electron chi connectivity index (χ0n) is 11.5. The molecule has 0 saturated carbocycles. The van der Waals surface area contributed by atoms with Crippen LogP contribution in [0, 0.1) is 11.8 Å². The predicted octanol–water partition coefficient (Wildman–Crippen LogP) is 0.474. The van der Waals surface area contributed by atoms with Gasteiger partial charge in [-0.25, -0.2) is 0 Å². The highest BCUT2D eigenvalue weighted by Gasteiger charge is 2.36. The number of amides is 2. The number of likely N-dealkylation sites (tertiary alicyclic amines) is 2. The van der Waals surface area contributed by atoms with Crippen molar-refractivity contribution in [2.75, 3.05) is 32.7 Å². The van der Waals surface area contributed by atoms with Gasteiger partial charge in [0.25, 0.3) is 0 Å². The maximum Gasteiger partial charge on any atom is 0.227 e. The van der Waals surface area contributed by atoms with Gasteiger partial charge in [-0.2, -0.15) is 0 Å². The largest absolute Gasteiger partial charge is 0.342 e. The molecule has 2 heterocycles. The Balaban J connectivity index is 0.00000180. The fourth-order valence-corrected chi connectivity index (χ4v) is 2.89. The third-order valence-corrected chi connectivity index (χ3v) is 4.20. The van der Waals surface area contributed by atoms with Crippen molar-refractivity contribution in [1.29, 1.82) is 0 Å². The summed E-state index contributed by atoms with van der Waals surface area (Å²) in [5, 5.41) is 0. The van der Waals surface area contributed by atoms with Crippen LogP contribution in [0.2, 0.25) is 0 Å². The lowest BCUT2D eigenvalue weighted by Gasteiger charge is -2.33. The number of hydrogen-bond acceptors (Lipinski definition) is 3. The fraction of sp³-hybridized carbons (Fsp3) is 0.846. The average molecular weight is 290 g/mol. The van der Waals surface area contributed by atoms with Gasteiger partial charge in [-0.1, -0.05) is 0 Å². The van der Waals surface area contributed by atoms with Crippen molar-refractivity contribution in [3.05, 3.63) is 0 Å². The third kappa shape index (κ3) is 3.60. The molecular formula is C13H24ClN3O2. The van der Waals surface area contributed by atoms with Crippen molar-refractivity contribution in [3.63, 3.8) is 0 Å². The second-order valence-corrected chi connectivity index (χ2v) is 5.34. The normalized spacial score (nSPS) is 24.5. The summed E-state index contributed by atoms with van der Waals surface area (Å²) in [6.07, 6.45) is 2.39. The molecule has 5 nitrogen and oxygen atoms in total. The molecule has 0 aromatic heterocycles. The predicted molar refractivity (Wildman–Crippen MR) is 76.0 cm³/mol. The summed E-state index contributed by atoms with van der Waals surface area (Å²) in [4.78, 5) is 27.7. The van der Waals surface area contributed by atoms with E-state index in [1.807, 2.05) is 11.8 Å². The Morgan fingerprint density at radius 3 is 2.47 bits per heavy atom. The van der Waals surface area contributed by atoms with Crippen molar-refractivity contribution in [3.8, 4) is 0 Å². The molecule has 2 aliphatic rings. The molecule has 0 spiro atoms. The van der Waals surface area contributed by atoms with Crippen LogP contribution in [0.25, 0.3) is 0 Å². The van der Waals surface area contributed by atoms with E-state index in [0.717, 1.165) is 25.9 Å². The number of carbonyl (C=O) groups excluding carboxylic acids is 2. The Hall–Kier alpha value is -0.810. The second kappa shape index (κ2) is 7.10. The van der Waals surface area contributed by atoms with E-state index < -0.39 is 0 Å². The molecule has 0 aromatic rings. The van der Waals surface area contributed by atoms with E-state index >= 15 is 0 Å². The SMILES string of the molecule is CCN1CC(C(=O)N2CCC(CN)CC2)CC1=O.Cl. The van der Waals surface area contributed by atoms with Gasteiger partial charge < -0.3 is 15.5 Å². The summed E-state index contributed by atoms with van der Waals surface area (Å²) in [5.41, 5.74) is 5.65. The Morgan fingerprint density at radius 2 is 2.00 bits per heavy atom. The van der Waals surface area contributed by atoms with Gasteiger partial charge >= 0.3 is 0 Å². The first kappa shape index (κ1) is 16.2. The maximum atomic E-state index is 12.3. The molecule has 6 heteroatoms. The standard InChI is InChI=1S/C13H23N3O2.ClH/c1-2-15-9-11(7-12(15)17)13(18)16-5-3-10(8-14)4-6-16;/h10-11H,2-9,14H2,1H3;1H. The van der Waals surface area contributed by atoms with Crippen molar-refractivity contribution >= 4 is 24.2 Å². The van der Waals surface area contributed by atoms with E-state index in [9.17, 15) is 9.59 Å². The van der Waals surface area contributed by atoms with E-state index in [2.05, 4.69) is 0 Å². The van der Waals surface area contributed by atoms with E-state index in [1.54, 1.807) is 4.90 Å². The molecule has 0 bridgehead atoms. The molecular weight excluding hydrogens is 266 g/mol. The minimum atomic E-state index is -0.119. The van der Waals surface area contributed by atoms with Crippen molar-refractivity contribution in [1.82, 2.24) is 9.80 Å². The summed E-state index contributed by atoms with van der Waals surface area (Å²) in [7, 11) is 0. The average Bonchev–Trinajstić information content (AvgIpc) is 2.79. The summed E-state index contributed by atoms with van der Waals surface area (Å²) in [6, 6.07) is 0. The summed E-state index contributed by atoms with van der Waals surface area (Å²) in [6.45, 7) is 5.59. The Morgan fingerprint density at radius 1 is 1.37 bits per heavy atom. The fourth-order valence-electron chi connectivity index (χ4n) is 2.89. The molecule has 0 aliphatic carbocycles. The van der Waals surface area contributed by atoms with Crippen LogP contribution in [0.3, 0.4) is 0 Å². The Bertz CT molecular complexity index is 330. The summed E-state index contributed by atoms with van der Waals surface area (Å²) >= 11 is 0. The monoisotopic (exact) mass is 289 g/mol.